The zero-order chi connectivity index (χ0) is 9.68. The van der Waals surface area contributed by atoms with Crippen molar-refractivity contribution < 1.29 is 9.53 Å². The van der Waals surface area contributed by atoms with Gasteiger partial charge >= 0.3 is 0 Å². The molecule has 0 aliphatic rings. The van der Waals surface area contributed by atoms with E-state index in [9.17, 15) is 4.79 Å². The maximum absolute atomic E-state index is 10.6. The van der Waals surface area contributed by atoms with Crippen molar-refractivity contribution in [1.29, 1.82) is 0 Å². The van der Waals surface area contributed by atoms with Gasteiger partial charge in [-0.3, -0.25) is 4.79 Å². The molecule has 0 unspecified atom stereocenters. The number of hydrogen-bond donors (Lipinski definition) is 1. The summed E-state index contributed by atoms with van der Waals surface area (Å²) < 4.78 is 5.30. The van der Waals surface area contributed by atoms with Gasteiger partial charge in [0.1, 0.15) is 11.5 Å². The Labute approximate surface area is 77.5 Å². The van der Waals surface area contributed by atoms with Gasteiger partial charge in [-0.15, -0.1) is 0 Å². The molecule has 0 saturated heterocycles. The number of Topliss-reactive ketones (excluding diaryl/α,β-unsaturated/α-hetero) is 1. The molecule has 0 saturated carbocycles. The average molecular weight is 179 g/mol. The molecule has 1 rings (SSSR count). The number of ether oxygens (including phenoxy) is 1. The van der Waals surface area contributed by atoms with Gasteiger partial charge in [0, 0.05) is 12.1 Å². The smallest absolute Gasteiger partial charge is 0.133 e. The van der Waals surface area contributed by atoms with Gasteiger partial charge in [0.15, 0.2) is 0 Å². The summed E-state index contributed by atoms with van der Waals surface area (Å²) in [5.41, 5.74) is 6.20. The van der Waals surface area contributed by atoms with Crippen molar-refractivity contribution in [2.75, 3.05) is 12.3 Å². The van der Waals surface area contributed by atoms with Gasteiger partial charge in [-0.1, -0.05) is 0 Å². The van der Waals surface area contributed by atoms with Crippen LogP contribution in [-0.4, -0.2) is 12.4 Å². The maximum atomic E-state index is 10.6. The third kappa shape index (κ3) is 3.60. The van der Waals surface area contributed by atoms with Crippen LogP contribution in [0.3, 0.4) is 0 Å². The van der Waals surface area contributed by atoms with E-state index in [2.05, 4.69) is 0 Å². The van der Waals surface area contributed by atoms with E-state index in [1.54, 1.807) is 31.2 Å². The molecule has 0 amide bonds. The van der Waals surface area contributed by atoms with Crippen LogP contribution in [0, 0.1) is 0 Å². The molecule has 1 aromatic rings. The van der Waals surface area contributed by atoms with Crippen LogP contribution >= 0.6 is 0 Å². The molecule has 0 heterocycles. The second kappa shape index (κ2) is 4.50. The number of ketones is 1. The van der Waals surface area contributed by atoms with Crippen LogP contribution in [0.15, 0.2) is 24.3 Å². The molecule has 2 N–H and O–H groups in total. The Balaban J connectivity index is 2.37. The summed E-state index contributed by atoms with van der Waals surface area (Å²) in [6, 6.07) is 7.11. The summed E-state index contributed by atoms with van der Waals surface area (Å²) in [6.07, 6.45) is 0.449. The van der Waals surface area contributed by atoms with Gasteiger partial charge in [0.2, 0.25) is 0 Å². The summed E-state index contributed by atoms with van der Waals surface area (Å²) in [5.74, 6) is 0.880. The number of anilines is 1. The van der Waals surface area contributed by atoms with E-state index in [1.807, 2.05) is 0 Å². The highest BCUT2D eigenvalue weighted by Crippen LogP contribution is 2.12. The molecule has 0 aromatic heterocycles. The summed E-state index contributed by atoms with van der Waals surface area (Å²) >= 11 is 0. The number of carbonyl (C=O) groups excluding carboxylic acids is 1. The minimum atomic E-state index is 0.135. The lowest BCUT2D eigenvalue weighted by atomic mass is 10.3. The van der Waals surface area contributed by atoms with E-state index in [1.165, 1.54) is 0 Å². The fourth-order valence-corrected chi connectivity index (χ4v) is 0.877. The lowest BCUT2D eigenvalue weighted by Crippen LogP contribution is -2.02. The fraction of sp³-hybridized carbons (Fsp3) is 0.300. The number of nitrogens with two attached hydrogens (primary N) is 1. The minimum absolute atomic E-state index is 0.135. The molecular weight excluding hydrogens is 166 g/mol. The first-order chi connectivity index (χ1) is 6.18. The van der Waals surface area contributed by atoms with Crippen LogP contribution in [-0.2, 0) is 4.79 Å². The quantitative estimate of drug-likeness (QED) is 0.714. The highest BCUT2D eigenvalue weighted by atomic mass is 16.5. The molecular formula is C10H13NO2. The van der Waals surface area contributed by atoms with Crippen molar-refractivity contribution in [3.63, 3.8) is 0 Å². The third-order valence-corrected chi connectivity index (χ3v) is 1.60. The van der Waals surface area contributed by atoms with Crippen molar-refractivity contribution in [2.24, 2.45) is 0 Å². The summed E-state index contributed by atoms with van der Waals surface area (Å²) in [5, 5.41) is 0. The molecule has 0 aliphatic heterocycles. The largest absolute Gasteiger partial charge is 0.493 e. The Kier molecular flexibility index (Phi) is 3.31. The Morgan fingerprint density at radius 3 is 2.54 bits per heavy atom. The molecule has 0 spiro atoms. The first-order valence-corrected chi connectivity index (χ1v) is 4.16. The minimum Gasteiger partial charge on any atom is -0.493 e. The van der Waals surface area contributed by atoms with Crippen LogP contribution in [0.1, 0.15) is 13.3 Å². The zero-order valence-corrected chi connectivity index (χ0v) is 7.62. The summed E-state index contributed by atoms with van der Waals surface area (Å²) in [4.78, 5) is 10.6. The van der Waals surface area contributed by atoms with Crippen LogP contribution < -0.4 is 10.5 Å². The fourth-order valence-electron chi connectivity index (χ4n) is 0.877. The number of rotatable bonds is 4. The summed E-state index contributed by atoms with van der Waals surface area (Å²) in [7, 11) is 0. The molecule has 0 fully saturated rings. The highest BCUT2D eigenvalue weighted by molar-refractivity contribution is 5.75. The number of carbonyl (C=O) groups is 1. The van der Waals surface area contributed by atoms with E-state index in [0.29, 0.717) is 18.7 Å². The predicted molar refractivity (Wildman–Crippen MR) is 51.6 cm³/mol. The molecule has 3 heteroatoms. The molecule has 13 heavy (non-hydrogen) atoms. The van der Waals surface area contributed by atoms with Crippen molar-refractivity contribution in [3.8, 4) is 5.75 Å². The molecule has 0 atom stereocenters. The highest BCUT2D eigenvalue weighted by Gasteiger charge is 1.95. The Morgan fingerprint density at radius 2 is 2.00 bits per heavy atom. The number of nitrogen functional groups attached to an aromatic ring is 1. The standard InChI is InChI=1S/C10H13NO2/c1-8(12)6-7-13-10-4-2-9(11)3-5-10/h2-5H,6-7,11H2,1H3. The van der Waals surface area contributed by atoms with Crippen molar-refractivity contribution in [1.82, 2.24) is 0 Å². The number of benzene rings is 1. The topological polar surface area (TPSA) is 52.3 Å². The number of hydrogen-bond acceptors (Lipinski definition) is 3. The van der Waals surface area contributed by atoms with Crippen LogP contribution in [0.25, 0.3) is 0 Å². The molecule has 0 bridgehead atoms. The third-order valence-electron chi connectivity index (χ3n) is 1.60. The zero-order valence-electron chi connectivity index (χ0n) is 7.62. The van der Waals surface area contributed by atoms with Gasteiger partial charge in [-0.05, 0) is 31.2 Å². The Morgan fingerprint density at radius 1 is 1.38 bits per heavy atom. The van der Waals surface area contributed by atoms with E-state index in [4.69, 9.17) is 10.5 Å². The second-order valence-corrected chi connectivity index (χ2v) is 2.87. The van der Waals surface area contributed by atoms with E-state index < -0.39 is 0 Å². The van der Waals surface area contributed by atoms with Crippen LogP contribution in [0.4, 0.5) is 5.69 Å². The molecule has 3 nitrogen and oxygen atoms in total. The van der Waals surface area contributed by atoms with E-state index in [-0.39, 0.29) is 5.78 Å². The van der Waals surface area contributed by atoms with Gasteiger partial charge in [0.25, 0.3) is 0 Å². The predicted octanol–water partition coefficient (Wildman–Crippen LogP) is 1.63. The first kappa shape index (κ1) is 9.58. The normalized spacial score (nSPS) is 9.62. The van der Waals surface area contributed by atoms with Gasteiger partial charge in [-0.2, -0.15) is 0 Å². The lowest BCUT2D eigenvalue weighted by molar-refractivity contribution is -0.117. The van der Waals surface area contributed by atoms with Crippen molar-refractivity contribution in [3.05, 3.63) is 24.3 Å². The SMILES string of the molecule is CC(=O)CCOc1ccc(N)cc1. The van der Waals surface area contributed by atoms with Crippen molar-refractivity contribution >= 4 is 11.5 Å². The lowest BCUT2D eigenvalue weighted by Gasteiger charge is -2.04. The van der Waals surface area contributed by atoms with E-state index >= 15 is 0 Å². The van der Waals surface area contributed by atoms with Gasteiger partial charge in [-0.25, -0.2) is 0 Å². The molecule has 1 aromatic carbocycles. The van der Waals surface area contributed by atoms with Crippen LogP contribution in [0.2, 0.25) is 0 Å². The first-order valence-electron chi connectivity index (χ1n) is 4.16. The average Bonchev–Trinajstić information content (AvgIpc) is 2.08. The summed E-state index contributed by atoms with van der Waals surface area (Å²) in [6.45, 7) is 1.98. The molecule has 0 radical (unpaired) electrons. The maximum Gasteiger partial charge on any atom is 0.133 e. The van der Waals surface area contributed by atoms with Crippen molar-refractivity contribution in [2.45, 2.75) is 13.3 Å². The Bertz CT molecular complexity index is 279. The van der Waals surface area contributed by atoms with Crippen LogP contribution in [0.5, 0.6) is 5.75 Å². The van der Waals surface area contributed by atoms with Gasteiger partial charge in [0.05, 0.1) is 6.61 Å². The second-order valence-electron chi connectivity index (χ2n) is 2.87. The van der Waals surface area contributed by atoms with E-state index in [0.717, 1.165) is 5.75 Å². The molecule has 0 aliphatic carbocycles. The Hall–Kier alpha value is -1.51. The van der Waals surface area contributed by atoms with Gasteiger partial charge < -0.3 is 10.5 Å². The molecule has 70 valence electrons. The monoisotopic (exact) mass is 179 g/mol.